The predicted octanol–water partition coefficient (Wildman–Crippen LogP) is 3.07. The largest absolute Gasteiger partial charge is 0.489 e. The number of carbonyl (C=O) groups is 1. The number of aryl methyl sites for hydroxylation is 1. The number of fused-ring (bicyclic) bond motifs is 4. The lowest BCUT2D eigenvalue weighted by Crippen LogP contribution is -2.32. The third kappa shape index (κ3) is 2.72. The summed E-state index contributed by atoms with van der Waals surface area (Å²) in [5.74, 6) is 0.998. The number of amides is 1. The Bertz CT molecular complexity index is 1300. The summed E-state index contributed by atoms with van der Waals surface area (Å²) in [6.07, 6.45) is 3.40. The van der Waals surface area contributed by atoms with Gasteiger partial charge in [-0.15, -0.1) is 0 Å². The summed E-state index contributed by atoms with van der Waals surface area (Å²) < 4.78 is 8.31. The third-order valence-electron chi connectivity index (χ3n) is 5.30. The van der Waals surface area contributed by atoms with Crippen LogP contribution in [0, 0.1) is 0 Å². The summed E-state index contributed by atoms with van der Waals surface area (Å²) in [4.78, 5) is 23.8. The first-order valence-corrected chi connectivity index (χ1v) is 9.79. The lowest BCUT2D eigenvalue weighted by atomic mass is 10.1. The van der Waals surface area contributed by atoms with Gasteiger partial charge < -0.3 is 15.4 Å². The van der Waals surface area contributed by atoms with Crippen molar-refractivity contribution in [1.29, 1.82) is 0 Å². The van der Waals surface area contributed by atoms with E-state index in [0.29, 0.717) is 23.7 Å². The topological polar surface area (TPSA) is 99.2 Å². The highest BCUT2D eigenvalue weighted by atomic mass is 79.9. The van der Waals surface area contributed by atoms with E-state index in [1.807, 2.05) is 25.2 Å². The predicted molar refractivity (Wildman–Crippen MR) is 113 cm³/mol. The molecule has 0 bridgehead atoms. The van der Waals surface area contributed by atoms with Gasteiger partial charge in [0.15, 0.2) is 0 Å². The molecule has 0 saturated heterocycles. The second-order valence-corrected chi connectivity index (χ2v) is 7.95. The van der Waals surface area contributed by atoms with Gasteiger partial charge >= 0.3 is 0 Å². The molecule has 1 amide bonds. The quantitative estimate of drug-likeness (QED) is 0.501. The number of aromatic nitrogens is 4. The standard InChI is InChI=1S/C20H17BrN6O2/c1-26(15-9-29-16-6-11(21)7-23-17(15)16)20(28)10-3-4-14-12(5-10)18-13(19(22)25-14)8-24-27(18)2/h3-8,15H,9H2,1-2H3,(H2,22,25)/t15-/m1/s1. The maximum Gasteiger partial charge on any atom is 0.254 e. The first-order chi connectivity index (χ1) is 13.9. The van der Waals surface area contributed by atoms with Crippen molar-refractivity contribution in [2.45, 2.75) is 6.04 Å². The molecule has 1 aromatic carbocycles. The van der Waals surface area contributed by atoms with E-state index < -0.39 is 0 Å². The lowest BCUT2D eigenvalue weighted by Gasteiger charge is -2.23. The van der Waals surface area contributed by atoms with Crippen LogP contribution in [0.4, 0.5) is 5.82 Å². The maximum absolute atomic E-state index is 13.2. The van der Waals surface area contributed by atoms with Gasteiger partial charge in [-0.05, 0) is 40.2 Å². The number of pyridine rings is 2. The van der Waals surface area contributed by atoms with Gasteiger partial charge in [-0.25, -0.2) is 4.98 Å². The SMILES string of the molecule is CN(C(=O)c1ccc2nc(N)c3cnn(C)c3c2c1)[C@@H]1COc2cc(Br)cnc21. The maximum atomic E-state index is 13.2. The zero-order valence-electron chi connectivity index (χ0n) is 15.8. The molecule has 5 rings (SSSR count). The van der Waals surface area contributed by atoms with Gasteiger partial charge in [0.2, 0.25) is 0 Å². The molecule has 0 fully saturated rings. The number of halogens is 1. The van der Waals surface area contributed by atoms with E-state index in [9.17, 15) is 4.79 Å². The Morgan fingerprint density at radius 2 is 2.14 bits per heavy atom. The molecule has 1 atom stereocenters. The van der Waals surface area contributed by atoms with Crippen molar-refractivity contribution >= 4 is 49.5 Å². The molecule has 8 nitrogen and oxygen atoms in total. The van der Waals surface area contributed by atoms with Crippen LogP contribution in [0.3, 0.4) is 0 Å². The normalized spacial score (nSPS) is 15.5. The first-order valence-electron chi connectivity index (χ1n) is 9.00. The molecule has 2 N–H and O–H groups in total. The van der Waals surface area contributed by atoms with Crippen LogP contribution in [-0.2, 0) is 7.05 Å². The number of anilines is 1. The fraction of sp³-hybridized carbons (Fsp3) is 0.200. The van der Waals surface area contributed by atoms with Crippen molar-refractivity contribution in [3.05, 3.63) is 52.4 Å². The molecule has 146 valence electrons. The minimum absolute atomic E-state index is 0.120. The minimum Gasteiger partial charge on any atom is -0.489 e. The van der Waals surface area contributed by atoms with E-state index in [2.05, 4.69) is 31.0 Å². The number of rotatable bonds is 2. The van der Waals surface area contributed by atoms with E-state index in [-0.39, 0.29) is 11.9 Å². The molecule has 0 unspecified atom stereocenters. The van der Waals surface area contributed by atoms with Crippen LogP contribution >= 0.6 is 15.9 Å². The number of hydrogen-bond acceptors (Lipinski definition) is 6. The van der Waals surface area contributed by atoms with Crippen molar-refractivity contribution in [3.8, 4) is 5.75 Å². The van der Waals surface area contributed by atoms with E-state index in [0.717, 1.165) is 32.0 Å². The number of carbonyl (C=O) groups excluding carboxylic acids is 1. The Labute approximate surface area is 174 Å². The van der Waals surface area contributed by atoms with Crippen molar-refractivity contribution in [2.75, 3.05) is 19.4 Å². The van der Waals surface area contributed by atoms with Crippen LogP contribution in [-0.4, -0.2) is 44.2 Å². The molecule has 0 saturated carbocycles. The van der Waals surface area contributed by atoms with Crippen LogP contribution in [0.2, 0.25) is 0 Å². The molecule has 29 heavy (non-hydrogen) atoms. The number of nitrogen functional groups attached to an aromatic ring is 1. The monoisotopic (exact) mass is 452 g/mol. The molecule has 0 radical (unpaired) electrons. The summed E-state index contributed by atoms with van der Waals surface area (Å²) in [6.45, 7) is 0.374. The summed E-state index contributed by atoms with van der Waals surface area (Å²) >= 11 is 3.39. The number of hydrogen-bond donors (Lipinski definition) is 1. The van der Waals surface area contributed by atoms with E-state index in [1.165, 1.54) is 0 Å². The van der Waals surface area contributed by atoms with Crippen LogP contribution < -0.4 is 10.5 Å². The van der Waals surface area contributed by atoms with Gasteiger partial charge in [0.25, 0.3) is 5.91 Å². The molecule has 1 aliphatic rings. The lowest BCUT2D eigenvalue weighted by molar-refractivity contribution is 0.0706. The van der Waals surface area contributed by atoms with E-state index in [4.69, 9.17) is 10.5 Å². The molecule has 0 aliphatic carbocycles. The Kier molecular flexibility index (Phi) is 3.95. The highest BCUT2D eigenvalue weighted by Gasteiger charge is 2.32. The molecule has 1 aliphatic heterocycles. The second-order valence-electron chi connectivity index (χ2n) is 7.04. The number of benzene rings is 1. The van der Waals surface area contributed by atoms with Crippen LogP contribution in [0.5, 0.6) is 5.75 Å². The fourth-order valence-electron chi connectivity index (χ4n) is 3.78. The molecule has 0 spiro atoms. The molecule has 4 aromatic rings. The fourth-order valence-corrected chi connectivity index (χ4v) is 4.09. The van der Waals surface area contributed by atoms with Gasteiger partial charge in [-0.2, -0.15) is 5.10 Å². The number of nitrogens with two attached hydrogens (primary N) is 1. The highest BCUT2D eigenvalue weighted by molar-refractivity contribution is 9.10. The average Bonchev–Trinajstić information content (AvgIpc) is 3.30. The number of likely N-dealkylation sites (N-methyl/N-ethyl adjacent to an activating group) is 1. The average molecular weight is 453 g/mol. The van der Waals surface area contributed by atoms with Crippen molar-refractivity contribution in [2.24, 2.45) is 7.05 Å². The summed E-state index contributed by atoms with van der Waals surface area (Å²) in [5, 5.41) is 5.89. The van der Waals surface area contributed by atoms with E-state index >= 15 is 0 Å². The number of ether oxygens (including phenoxy) is 1. The molecule has 4 heterocycles. The third-order valence-corrected chi connectivity index (χ3v) is 5.74. The number of nitrogens with zero attached hydrogens (tertiary/aromatic N) is 5. The van der Waals surface area contributed by atoms with Gasteiger partial charge in [0.05, 0.1) is 22.6 Å². The van der Waals surface area contributed by atoms with Gasteiger partial charge in [0.1, 0.15) is 29.9 Å². The first kappa shape index (κ1) is 17.9. The van der Waals surface area contributed by atoms with Gasteiger partial charge in [-0.3, -0.25) is 14.5 Å². The van der Waals surface area contributed by atoms with Crippen LogP contribution in [0.25, 0.3) is 21.8 Å². The Morgan fingerprint density at radius 1 is 1.31 bits per heavy atom. The van der Waals surface area contributed by atoms with E-state index in [1.54, 1.807) is 35.1 Å². The molecular weight excluding hydrogens is 436 g/mol. The van der Waals surface area contributed by atoms with Crippen molar-refractivity contribution in [3.63, 3.8) is 0 Å². The molecule has 9 heteroatoms. The summed E-state index contributed by atoms with van der Waals surface area (Å²) in [5.41, 5.74) is 8.94. The second kappa shape index (κ2) is 6.41. The van der Waals surface area contributed by atoms with Crippen LogP contribution in [0.1, 0.15) is 22.1 Å². The molecular formula is C20H17BrN6O2. The van der Waals surface area contributed by atoms with Gasteiger partial charge in [-0.1, -0.05) is 0 Å². The Hall–Kier alpha value is -3.20. The van der Waals surface area contributed by atoms with Crippen LogP contribution in [0.15, 0.2) is 41.1 Å². The Balaban J connectivity index is 1.56. The molecule has 3 aromatic heterocycles. The van der Waals surface area contributed by atoms with Gasteiger partial charge in [0, 0.05) is 35.7 Å². The Morgan fingerprint density at radius 3 is 2.97 bits per heavy atom. The summed E-state index contributed by atoms with van der Waals surface area (Å²) in [6, 6.07) is 7.04. The van der Waals surface area contributed by atoms with Crippen molar-refractivity contribution in [1.82, 2.24) is 24.6 Å². The zero-order chi connectivity index (χ0) is 20.3. The highest BCUT2D eigenvalue weighted by Crippen LogP contribution is 2.36. The zero-order valence-corrected chi connectivity index (χ0v) is 17.3. The summed E-state index contributed by atoms with van der Waals surface area (Å²) in [7, 11) is 3.61. The van der Waals surface area contributed by atoms with Crippen molar-refractivity contribution < 1.29 is 9.53 Å². The minimum atomic E-state index is -0.248. The smallest absolute Gasteiger partial charge is 0.254 e.